The second-order valence-corrected chi connectivity index (χ2v) is 8.23. The molecular formula is C20H27N5O3. The average molecular weight is 385 g/mol. The van der Waals surface area contributed by atoms with Crippen LogP contribution in [-0.2, 0) is 20.7 Å². The van der Waals surface area contributed by atoms with Gasteiger partial charge in [0.25, 0.3) is 0 Å². The maximum absolute atomic E-state index is 13.3. The Labute approximate surface area is 164 Å². The van der Waals surface area contributed by atoms with Gasteiger partial charge in [-0.25, -0.2) is 9.97 Å². The first-order chi connectivity index (χ1) is 13.6. The van der Waals surface area contributed by atoms with E-state index >= 15 is 0 Å². The molecule has 5 rings (SSSR count). The Kier molecular flexibility index (Phi) is 4.45. The van der Waals surface area contributed by atoms with E-state index in [2.05, 4.69) is 9.88 Å². The van der Waals surface area contributed by atoms with Crippen molar-refractivity contribution in [3.05, 3.63) is 17.5 Å². The number of rotatable bonds is 3. The third-order valence-electron chi connectivity index (χ3n) is 6.66. The number of nitrogens with zero attached hydrogens (tertiary/aromatic N) is 5. The van der Waals surface area contributed by atoms with E-state index in [4.69, 9.17) is 9.72 Å². The van der Waals surface area contributed by atoms with Crippen molar-refractivity contribution in [3.63, 3.8) is 0 Å². The fourth-order valence-corrected chi connectivity index (χ4v) is 5.15. The van der Waals surface area contributed by atoms with E-state index in [0.29, 0.717) is 26.2 Å². The molecule has 3 saturated heterocycles. The van der Waals surface area contributed by atoms with Crippen LogP contribution >= 0.6 is 0 Å². The van der Waals surface area contributed by atoms with Crippen LogP contribution in [0.3, 0.4) is 0 Å². The number of amides is 2. The predicted molar refractivity (Wildman–Crippen MR) is 102 cm³/mol. The van der Waals surface area contributed by atoms with Crippen LogP contribution in [0.5, 0.6) is 0 Å². The summed E-state index contributed by atoms with van der Waals surface area (Å²) in [5, 5.41) is 0. The van der Waals surface area contributed by atoms with Crippen LogP contribution in [-0.4, -0.2) is 76.5 Å². The van der Waals surface area contributed by atoms with Gasteiger partial charge in [0.2, 0.25) is 17.8 Å². The number of hydrogen-bond acceptors (Lipinski definition) is 6. The molecule has 0 aliphatic carbocycles. The van der Waals surface area contributed by atoms with E-state index in [1.165, 1.54) is 0 Å². The van der Waals surface area contributed by atoms with Crippen molar-refractivity contribution >= 4 is 17.8 Å². The van der Waals surface area contributed by atoms with E-state index in [-0.39, 0.29) is 29.9 Å². The third kappa shape index (κ3) is 2.85. The summed E-state index contributed by atoms with van der Waals surface area (Å²) in [5.41, 5.74) is 2.16. The molecule has 3 unspecified atom stereocenters. The predicted octanol–water partition coefficient (Wildman–Crippen LogP) is 0.912. The Hall–Kier alpha value is -2.22. The van der Waals surface area contributed by atoms with Gasteiger partial charge in [-0.2, -0.15) is 0 Å². The van der Waals surface area contributed by atoms with Crippen molar-refractivity contribution in [2.24, 2.45) is 0 Å². The molecule has 0 saturated carbocycles. The Balaban J connectivity index is 1.38. The van der Waals surface area contributed by atoms with E-state index in [1.807, 2.05) is 18.0 Å². The zero-order valence-corrected chi connectivity index (χ0v) is 16.3. The van der Waals surface area contributed by atoms with E-state index < -0.39 is 0 Å². The highest BCUT2D eigenvalue weighted by Gasteiger charge is 2.46. The molecule has 0 spiro atoms. The van der Waals surface area contributed by atoms with Gasteiger partial charge < -0.3 is 19.4 Å². The van der Waals surface area contributed by atoms with Gasteiger partial charge in [-0.15, -0.1) is 0 Å². The molecule has 3 atom stereocenters. The lowest BCUT2D eigenvalue weighted by Crippen LogP contribution is -2.51. The van der Waals surface area contributed by atoms with Crippen molar-refractivity contribution in [2.45, 2.75) is 57.2 Å². The Morgan fingerprint density at radius 1 is 1.25 bits per heavy atom. The monoisotopic (exact) mass is 385 g/mol. The highest BCUT2D eigenvalue weighted by Crippen LogP contribution is 2.43. The zero-order chi connectivity index (χ0) is 19.3. The summed E-state index contributed by atoms with van der Waals surface area (Å²) in [6.45, 7) is 5.62. The molecule has 8 heteroatoms. The second kappa shape index (κ2) is 6.99. The molecule has 1 aromatic heterocycles. The standard InChI is InChI=1S/C20H27N5O3/c1-13(24-6-2-3-18(24)26)19(27)25-14-4-5-17(25)15-12-21-20(22-16(15)11-14)23-7-9-28-10-8-23/h12-14,17H,2-11H2,1H3. The minimum absolute atomic E-state index is 0.0418. The number of anilines is 1. The number of ether oxygens (including phenoxy) is 1. The van der Waals surface area contributed by atoms with Crippen molar-refractivity contribution < 1.29 is 14.3 Å². The minimum atomic E-state index is -0.381. The molecule has 0 radical (unpaired) electrons. The van der Waals surface area contributed by atoms with Crippen LogP contribution in [0.1, 0.15) is 49.9 Å². The molecule has 2 bridgehead atoms. The minimum Gasteiger partial charge on any atom is -0.378 e. The van der Waals surface area contributed by atoms with Gasteiger partial charge >= 0.3 is 0 Å². The van der Waals surface area contributed by atoms with Gasteiger partial charge in [-0.1, -0.05) is 0 Å². The highest BCUT2D eigenvalue weighted by molar-refractivity contribution is 5.89. The first-order valence-corrected chi connectivity index (χ1v) is 10.4. The highest BCUT2D eigenvalue weighted by atomic mass is 16.5. The molecule has 150 valence electrons. The zero-order valence-electron chi connectivity index (χ0n) is 16.3. The first kappa shape index (κ1) is 17.8. The summed E-state index contributed by atoms with van der Waals surface area (Å²) < 4.78 is 5.42. The normalized spacial score (nSPS) is 27.9. The summed E-state index contributed by atoms with van der Waals surface area (Å²) in [6.07, 6.45) is 6.05. The Morgan fingerprint density at radius 3 is 2.82 bits per heavy atom. The van der Waals surface area contributed by atoms with Crippen LogP contribution in [0.25, 0.3) is 0 Å². The number of hydrogen-bond donors (Lipinski definition) is 0. The lowest BCUT2D eigenvalue weighted by atomic mass is 9.98. The number of carbonyl (C=O) groups is 2. The molecule has 3 fully saturated rings. The molecule has 0 aromatic carbocycles. The lowest BCUT2D eigenvalue weighted by Gasteiger charge is -2.39. The summed E-state index contributed by atoms with van der Waals surface area (Å²) in [7, 11) is 0. The summed E-state index contributed by atoms with van der Waals surface area (Å²) in [5.74, 6) is 0.951. The summed E-state index contributed by atoms with van der Waals surface area (Å²) >= 11 is 0. The maximum Gasteiger partial charge on any atom is 0.245 e. The molecule has 0 N–H and O–H groups in total. The fraction of sp³-hybridized carbons (Fsp3) is 0.700. The van der Waals surface area contributed by atoms with Crippen LogP contribution in [0.15, 0.2) is 6.20 Å². The first-order valence-electron chi connectivity index (χ1n) is 10.4. The van der Waals surface area contributed by atoms with Gasteiger partial charge in [0.1, 0.15) is 6.04 Å². The van der Waals surface area contributed by atoms with E-state index in [9.17, 15) is 9.59 Å². The van der Waals surface area contributed by atoms with Crippen LogP contribution < -0.4 is 4.90 Å². The quantitative estimate of drug-likeness (QED) is 0.770. The molecular weight excluding hydrogens is 358 g/mol. The fourth-order valence-electron chi connectivity index (χ4n) is 5.15. The van der Waals surface area contributed by atoms with Gasteiger partial charge in [0.15, 0.2) is 0 Å². The summed E-state index contributed by atoms with van der Waals surface area (Å²) in [6, 6.07) is -0.161. The van der Waals surface area contributed by atoms with E-state index in [0.717, 1.165) is 56.0 Å². The molecule has 2 amide bonds. The Bertz CT molecular complexity index is 794. The molecule has 28 heavy (non-hydrogen) atoms. The van der Waals surface area contributed by atoms with Gasteiger partial charge in [0.05, 0.1) is 24.9 Å². The topological polar surface area (TPSA) is 78.9 Å². The lowest BCUT2D eigenvalue weighted by molar-refractivity contribution is -0.145. The van der Waals surface area contributed by atoms with Crippen molar-refractivity contribution in [2.75, 3.05) is 37.7 Å². The average Bonchev–Trinajstić information content (AvgIpc) is 3.29. The van der Waals surface area contributed by atoms with Crippen molar-refractivity contribution in [1.29, 1.82) is 0 Å². The SMILES string of the molecule is CC(C(=O)N1C2CCC1c1cnc(N3CCOCC3)nc1C2)N1CCCC1=O. The van der Waals surface area contributed by atoms with Gasteiger partial charge in [-0.05, 0) is 26.2 Å². The van der Waals surface area contributed by atoms with Crippen LogP contribution in [0.4, 0.5) is 5.95 Å². The third-order valence-corrected chi connectivity index (χ3v) is 6.66. The number of carbonyl (C=O) groups excluding carboxylic acids is 2. The summed E-state index contributed by atoms with van der Waals surface area (Å²) in [4.78, 5) is 40.8. The van der Waals surface area contributed by atoms with Crippen LogP contribution in [0, 0.1) is 0 Å². The maximum atomic E-state index is 13.3. The molecule has 4 aliphatic rings. The Morgan fingerprint density at radius 2 is 2.07 bits per heavy atom. The second-order valence-electron chi connectivity index (χ2n) is 8.23. The van der Waals surface area contributed by atoms with Crippen molar-refractivity contribution in [3.8, 4) is 0 Å². The molecule has 1 aromatic rings. The molecule has 8 nitrogen and oxygen atoms in total. The largest absolute Gasteiger partial charge is 0.378 e. The smallest absolute Gasteiger partial charge is 0.245 e. The van der Waals surface area contributed by atoms with Gasteiger partial charge in [0, 0.05) is 50.3 Å². The molecule has 4 aliphatic heterocycles. The number of fused-ring (bicyclic) bond motifs is 4. The number of likely N-dealkylation sites (tertiary alicyclic amines) is 1. The van der Waals surface area contributed by atoms with E-state index in [1.54, 1.807) is 4.90 Å². The van der Waals surface area contributed by atoms with Gasteiger partial charge in [-0.3, -0.25) is 9.59 Å². The molecule has 5 heterocycles. The van der Waals surface area contributed by atoms with Crippen LogP contribution in [0.2, 0.25) is 0 Å². The van der Waals surface area contributed by atoms with Crippen molar-refractivity contribution in [1.82, 2.24) is 19.8 Å². The number of aromatic nitrogens is 2. The number of morpholine rings is 1.